The molecule has 1 aliphatic rings. The normalized spacial score (nSPS) is 18.2. The topological polar surface area (TPSA) is 38.5 Å². The van der Waals surface area contributed by atoms with Gasteiger partial charge in [0.05, 0.1) is 6.61 Å². The average molecular weight is 276 g/mol. The van der Waals surface area contributed by atoms with Crippen molar-refractivity contribution in [2.75, 3.05) is 26.8 Å². The molecule has 0 bridgehead atoms. The Bertz CT molecular complexity index is 378. The van der Waals surface area contributed by atoms with Gasteiger partial charge >= 0.3 is 0 Å². The van der Waals surface area contributed by atoms with E-state index in [1.54, 1.807) is 7.11 Å². The molecule has 0 heterocycles. The van der Waals surface area contributed by atoms with Gasteiger partial charge < -0.3 is 10.5 Å². The van der Waals surface area contributed by atoms with Crippen LogP contribution in [0.15, 0.2) is 30.3 Å². The lowest BCUT2D eigenvalue weighted by molar-refractivity contribution is 0.0835. The van der Waals surface area contributed by atoms with Crippen LogP contribution >= 0.6 is 0 Å². The summed E-state index contributed by atoms with van der Waals surface area (Å²) < 4.78 is 5.29. The molecular weight excluding hydrogens is 248 g/mol. The number of nitrogens with zero attached hydrogens (tertiary/aromatic N) is 1. The highest BCUT2D eigenvalue weighted by molar-refractivity contribution is 5.16. The van der Waals surface area contributed by atoms with Crippen LogP contribution in [0, 0.1) is 5.92 Å². The second kappa shape index (κ2) is 7.77. The van der Waals surface area contributed by atoms with Gasteiger partial charge in [-0.3, -0.25) is 4.90 Å². The molecule has 1 fully saturated rings. The third-order valence-electron chi connectivity index (χ3n) is 4.44. The molecule has 2 unspecified atom stereocenters. The number of nitrogens with two attached hydrogens (primary N) is 1. The van der Waals surface area contributed by atoms with Crippen LogP contribution in [-0.2, 0) is 11.2 Å². The Kier molecular flexibility index (Phi) is 6.02. The van der Waals surface area contributed by atoms with E-state index in [4.69, 9.17) is 10.5 Å². The van der Waals surface area contributed by atoms with Crippen LogP contribution in [-0.4, -0.2) is 43.8 Å². The van der Waals surface area contributed by atoms with E-state index in [-0.39, 0.29) is 0 Å². The summed E-state index contributed by atoms with van der Waals surface area (Å²) in [5, 5.41) is 0. The predicted molar refractivity (Wildman–Crippen MR) is 83.8 cm³/mol. The van der Waals surface area contributed by atoms with Gasteiger partial charge in [0.2, 0.25) is 0 Å². The lowest BCUT2D eigenvalue weighted by Gasteiger charge is -2.36. The highest BCUT2D eigenvalue weighted by Gasteiger charge is 2.34. The van der Waals surface area contributed by atoms with Gasteiger partial charge in [-0.2, -0.15) is 0 Å². The summed E-state index contributed by atoms with van der Waals surface area (Å²) in [6.45, 7) is 4.81. The van der Waals surface area contributed by atoms with Gasteiger partial charge in [-0.05, 0) is 37.7 Å². The zero-order valence-corrected chi connectivity index (χ0v) is 12.8. The fraction of sp³-hybridized carbons (Fsp3) is 0.647. The van der Waals surface area contributed by atoms with Crippen molar-refractivity contribution in [2.24, 2.45) is 11.7 Å². The SMILES string of the molecule is COCCN(C(CN)Cc1ccccc1)C(C)C1CC1. The lowest BCUT2D eigenvalue weighted by atomic mass is 10.0. The van der Waals surface area contributed by atoms with E-state index in [0.717, 1.165) is 25.5 Å². The van der Waals surface area contributed by atoms with Crippen LogP contribution in [0.4, 0.5) is 0 Å². The second-order valence-electron chi connectivity index (χ2n) is 5.89. The van der Waals surface area contributed by atoms with Crippen molar-refractivity contribution in [2.45, 2.75) is 38.3 Å². The maximum Gasteiger partial charge on any atom is 0.0589 e. The van der Waals surface area contributed by atoms with E-state index in [1.165, 1.54) is 18.4 Å². The van der Waals surface area contributed by atoms with Gasteiger partial charge in [0.15, 0.2) is 0 Å². The number of benzene rings is 1. The quantitative estimate of drug-likeness (QED) is 0.752. The van der Waals surface area contributed by atoms with E-state index < -0.39 is 0 Å². The molecule has 0 saturated heterocycles. The number of rotatable bonds is 9. The van der Waals surface area contributed by atoms with Gasteiger partial charge in [-0.15, -0.1) is 0 Å². The molecule has 0 radical (unpaired) electrons. The molecule has 1 aromatic carbocycles. The van der Waals surface area contributed by atoms with E-state index in [0.29, 0.717) is 18.6 Å². The van der Waals surface area contributed by atoms with E-state index in [1.807, 2.05) is 0 Å². The Morgan fingerprint density at radius 2 is 2.00 bits per heavy atom. The Morgan fingerprint density at radius 1 is 1.30 bits per heavy atom. The minimum Gasteiger partial charge on any atom is -0.383 e. The summed E-state index contributed by atoms with van der Waals surface area (Å²) in [5.74, 6) is 0.858. The smallest absolute Gasteiger partial charge is 0.0589 e. The summed E-state index contributed by atoms with van der Waals surface area (Å²) in [6, 6.07) is 11.7. The molecule has 0 aliphatic heterocycles. The number of methoxy groups -OCH3 is 1. The molecule has 3 nitrogen and oxygen atoms in total. The summed E-state index contributed by atoms with van der Waals surface area (Å²) in [7, 11) is 1.77. The Balaban J connectivity index is 2.02. The Hall–Kier alpha value is -0.900. The van der Waals surface area contributed by atoms with Crippen molar-refractivity contribution < 1.29 is 4.74 Å². The van der Waals surface area contributed by atoms with Gasteiger partial charge in [0.25, 0.3) is 0 Å². The molecule has 0 amide bonds. The van der Waals surface area contributed by atoms with Gasteiger partial charge in [-0.1, -0.05) is 30.3 Å². The molecule has 1 saturated carbocycles. The first-order chi connectivity index (χ1) is 9.76. The minimum absolute atomic E-state index is 0.406. The zero-order chi connectivity index (χ0) is 14.4. The van der Waals surface area contributed by atoms with Crippen molar-refractivity contribution in [3.05, 3.63) is 35.9 Å². The van der Waals surface area contributed by atoms with E-state index in [9.17, 15) is 0 Å². The van der Waals surface area contributed by atoms with Crippen molar-refractivity contribution in [1.29, 1.82) is 0 Å². The van der Waals surface area contributed by atoms with Crippen molar-refractivity contribution in [1.82, 2.24) is 4.90 Å². The first-order valence-corrected chi connectivity index (χ1v) is 7.75. The van der Waals surface area contributed by atoms with Crippen LogP contribution in [0.3, 0.4) is 0 Å². The zero-order valence-electron chi connectivity index (χ0n) is 12.8. The molecule has 1 aromatic rings. The number of hydrogen-bond donors (Lipinski definition) is 1. The fourth-order valence-corrected chi connectivity index (χ4v) is 2.99. The van der Waals surface area contributed by atoms with Crippen molar-refractivity contribution in [3.63, 3.8) is 0 Å². The Morgan fingerprint density at radius 3 is 2.55 bits per heavy atom. The molecule has 0 spiro atoms. The fourth-order valence-electron chi connectivity index (χ4n) is 2.99. The monoisotopic (exact) mass is 276 g/mol. The first kappa shape index (κ1) is 15.5. The molecule has 0 aromatic heterocycles. The molecule has 20 heavy (non-hydrogen) atoms. The summed E-state index contributed by atoms with van der Waals surface area (Å²) in [6.07, 6.45) is 3.76. The Labute approximate surface area is 123 Å². The standard InChI is InChI=1S/C17H28N2O/c1-14(16-8-9-16)19(10-11-20-2)17(13-18)12-15-6-4-3-5-7-15/h3-7,14,16-17H,8-13,18H2,1-2H3. The van der Waals surface area contributed by atoms with Crippen LogP contribution in [0.2, 0.25) is 0 Å². The maximum absolute atomic E-state index is 6.07. The third-order valence-corrected chi connectivity index (χ3v) is 4.44. The molecule has 1 aliphatic carbocycles. The molecule has 2 N–H and O–H groups in total. The van der Waals surface area contributed by atoms with Crippen molar-refractivity contribution in [3.8, 4) is 0 Å². The minimum atomic E-state index is 0.406. The van der Waals surface area contributed by atoms with Crippen LogP contribution < -0.4 is 5.73 Å². The third kappa shape index (κ3) is 4.30. The van der Waals surface area contributed by atoms with Crippen molar-refractivity contribution >= 4 is 0 Å². The highest BCUT2D eigenvalue weighted by Crippen LogP contribution is 2.36. The molecule has 2 atom stereocenters. The molecule has 3 heteroatoms. The van der Waals surface area contributed by atoms with Gasteiger partial charge in [0.1, 0.15) is 0 Å². The summed E-state index contributed by atoms with van der Waals surface area (Å²) >= 11 is 0. The predicted octanol–water partition coefficient (Wildman–Crippen LogP) is 2.30. The van der Waals surface area contributed by atoms with E-state index in [2.05, 4.69) is 42.2 Å². The van der Waals surface area contributed by atoms with Crippen LogP contribution in [0.5, 0.6) is 0 Å². The number of ether oxygens (including phenoxy) is 1. The van der Waals surface area contributed by atoms with Crippen LogP contribution in [0.1, 0.15) is 25.3 Å². The first-order valence-electron chi connectivity index (χ1n) is 7.75. The maximum atomic E-state index is 6.07. The molecule has 112 valence electrons. The second-order valence-corrected chi connectivity index (χ2v) is 5.89. The summed E-state index contributed by atoms with van der Waals surface area (Å²) in [4.78, 5) is 2.56. The summed E-state index contributed by atoms with van der Waals surface area (Å²) in [5.41, 5.74) is 7.44. The average Bonchev–Trinajstić information content (AvgIpc) is 3.31. The highest BCUT2D eigenvalue weighted by atomic mass is 16.5. The van der Waals surface area contributed by atoms with Gasteiger partial charge in [0, 0.05) is 32.3 Å². The molecular formula is C17H28N2O. The van der Waals surface area contributed by atoms with Gasteiger partial charge in [-0.25, -0.2) is 0 Å². The van der Waals surface area contributed by atoms with Crippen LogP contribution in [0.25, 0.3) is 0 Å². The lowest BCUT2D eigenvalue weighted by Crippen LogP contribution is -2.49. The molecule has 2 rings (SSSR count). The van der Waals surface area contributed by atoms with E-state index >= 15 is 0 Å². The largest absolute Gasteiger partial charge is 0.383 e. The number of hydrogen-bond acceptors (Lipinski definition) is 3.